The number of benzene rings is 1. The molecule has 0 aliphatic heterocycles. The first-order chi connectivity index (χ1) is 9.69. The van der Waals surface area contributed by atoms with E-state index < -0.39 is 0 Å². The lowest BCUT2D eigenvalue weighted by atomic mass is 10.0. The SMILES string of the molecule is CCCC1(CNC(=O)c2ccc(C#CCN)cc2)CC1. The Morgan fingerprint density at radius 3 is 2.60 bits per heavy atom. The summed E-state index contributed by atoms with van der Waals surface area (Å²) in [4.78, 5) is 12.1. The van der Waals surface area contributed by atoms with Gasteiger partial charge in [0.25, 0.3) is 5.91 Å². The predicted octanol–water partition coefficient (Wildman–Crippen LogP) is 2.31. The largest absolute Gasteiger partial charge is 0.351 e. The number of amides is 1. The quantitative estimate of drug-likeness (QED) is 0.807. The van der Waals surface area contributed by atoms with Crippen LogP contribution in [0.5, 0.6) is 0 Å². The minimum atomic E-state index is 0.00529. The molecule has 3 nitrogen and oxygen atoms in total. The molecule has 3 heteroatoms. The summed E-state index contributed by atoms with van der Waals surface area (Å²) in [7, 11) is 0. The van der Waals surface area contributed by atoms with Crippen LogP contribution < -0.4 is 11.1 Å². The molecule has 0 saturated heterocycles. The lowest BCUT2D eigenvalue weighted by molar-refractivity contribution is 0.0943. The average molecular weight is 270 g/mol. The van der Waals surface area contributed by atoms with E-state index >= 15 is 0 Å². The lowest BCUT2D eigenvalue weighted by Crippen LogP contribution is -2.30. The van der Waals surface area contributed by atoms with Gasteiger partial charge < -0.3 is 11.1 Å². The molecular weight excluding hydrogens is 248 g/mol. The van der Waals surface area contributed by atoms with Gasteiger partial charge in [0.15, 0.2) is 0 Å². The normalized spacial score (nSPS) is 15.1. The van der Waals surface area contributed by atoms with E-state index in [-0.39, 0.29) is 5.91 Å². The van der Waals surface area contributed by atoms with E-state index in [1.165, 1.54) is 25.7 Å². The number of hydrogen-bond acceptors (Lipinski definition) is 2. The van der Waals surface area contributed by atoms with Gasteiger partial charge in [-0.15, -0.1) is 0 Å². The van der Waals surface area contributed by atoms with Gasteiger partial charge in [-0.3, -0.25) is 4.79 Å². The molecule has 1 aromatic carbocycles. The van der Waals surface area contributed by atoms with Crippen LogP contribution in [0, 0.1) is 17.3 Å². The molecule has 0 heterocycles. The molecule has 0 aromatic heterocycles. The molecule has 1 fully saturated rings. The minimum Gasteiger partial charge on any atom is -0.351 e. The second-order valence-electron chi connectivity index (χ2n) is 5.52. The summed E-state index contributed by atoms with van der Waals surface area (Å²) in [5.74, 6) is 5.75. The number of nitrogens with two attached hydrogens (primary N) is 1. The van der Waals surface area contributed by atoms with Crippen LogP contribution in [0.2, 0.25) is 0 Å². The molecule has 0 unspecified atom stereocenters. The summed E-state index contributed by atoms with van der Waals surface area (Å²) >= 11 is 0. The Morgan fingerprint density at radius 1 is 1.35 bits per heavy atom. The monoisotopic (exact) mass is 270 g/mol. The van der Waals surface area contributed by atoms with Crippen LogP contribution in [-0.2, 0) is 0 Å². The maximum absolute atomic E-state index is 12.1. The van der Waals surface area contributed by atoms with Crippen molar-refractivity contribution in [3.63, 3.8) is 0 Å². The van der Waals surface area contributed by atoms with Crippen molar-refractivity contribution in [2.45, 2.75) is 32.6 Å². The highest BCUT2D eigenvalue weighted by atomic mass is 16.1. The Kier molecular flexibility index (Phi) is 4.81. The fraction of sp³-hybridized carbons (Fsp3) is 0.471. The Bertz CT molecular complexity index is 518. The Labute approximate surface area is 120 Å². The van der Waals surface area contributed by atoms with Crippen molar-refractivity contribution in [1.82, 2.24) is 5.32 Å². The summed E-state index contributed by atoms with van der Waals surface area (Å²) in [6.45, 7) is 3.35. The van der Waals surface area contributed by atoms with Crippen LogP contribution in [0.15, 0.2) is 24.3 Å². The molecule has 1 aliphatic carbocycles. The first-order valence-corrected chi connectivity index (χ1v) is 7.26. The minimum absolute atomic E-state index is 0.00529. The Balaban J connectivity index is 1.89. The van der Waals surface area contributed by atoms with E-state index in [4.69, 9.17) is 5.73 Å². The molecule has 1 amide bonds. The number of carbonyl (C=O) groups is 1. The van der Waals surface area contributed by atoms with E-state index in [9.17, 15) is 4.79 Å². The second kappa shape index (κ2) is 6.58. The van der Waals surface area contributed by atoms with Gasteiger partial charge >= 0.3 is 0 Å². The number of nitrogens with one attached hydrogen (secondary N) is 1. The van der Waals surface area contributed by atoms with Crippen LogP contribution in [0.25, 0.3) is 0 Å². The van der Waals surface area contributed by atoms with Crippen molar-refractivity contribution in [2.24, 2.45) is 11.1 Å². The van der Waals surface area contributed by atoms with Crippen LogP contribution in [-0.4, -0.2) is 19.0 Å². The zero-order valence-electron chi connectivity index (χ0n) is 12.0. The number of carbonyl (C=O) groups excluding carboxylic acids is 1. The first-order valence-electron chi connectivity index (χ1n) is 7.26. The van der Waals surface area contributed by atoms with Crippen LogP contribution in [0.3, 0.4) is 0 Å². The van der Waals surface area contributed by atoms with Gasteiger partial charge in [0, 0.05) is 17.7 Å². The smallest absolute Gasteiger partial charge is 0.251 e. The highest BCUT2D eigenvalue weighted by Gasteiger charge is 2.41. The molecule has 1 aromatic rings. The summed E-state index contributed by atoms with van der Waals surface area (Å²) in [6.07, 6.45) is 4.88. The van der Waals surface area contributed by atoms with Crippen LogP contribution >= 0.6 is 0 Å². The van der Waals surface area contributed by atoms with Crippen molar-refractivity contribution in [3.8, 4) is 11.8 Å². The van der Waals surface area contributed by atoms with Gasteiger partial charge in [0.2, 0.25) is 0 Å². The molecule has 1 aliphatic rings. The molecule has 20 heavy (non-hydrogen) atoms. The van der Waals surface area contributed by atoms with E-state index in [0.717, 1.165) is 12.1 Å². The van der Waals surface area contributed by atoms with E-state index in [2.05, 4.69) is 24.1 Å². The maximum Gasteiger partial charge on any atom is 0.251 e. The molecule has 0 atom stereocenters. The summed E-state index contributed by atoms with van der Waals surface area (Å²) < 4.78 is 0. The van der Waals surface area contributed by atoms with Crippen molar-refractivity contribution in [1.29, 1.82) is 0 Å². The van der Waals surface area contributed by atoms with Gasteiger partial charge in [-0.25, -0.2) is 0 Å². The van der Waals surface area contributed by atoms with Gasteiger partial charge in [-0.1, -0.05) is 25.2 Å². The fourth-order valence-corrected chi connectivity index (χ4v) is 2.45. The molecule has 106 valence electrons. The molecule has 0 bridgehead atoms. The van der Waals surface area contributed by atoms with Gasteiger partial charge in [-0.2, -0.15) is 0 Å². The topological polar surface area (TPSA) is 55.1 Å². The Morgan fingerprint density at radius 2 is 2.05 bits per heavy atom. The summed E-state index contributed by atoms with van der Waals surface area (Å²) in [5.41, 5.74) is 7.29. The molecule has 0 radical (unpaired) electrons. The second-order valence-corrected chi connectivity index (χ2v) is 5.52. The molecule has 0 spiro atoms. The van der Waals surface area contributed by atoms with Crippen LogP contribution in [0.1, 0.15) is 48.5 Å². The van der Waals surface area contributed by atoms with Gasteiger partial charge in [0.05, 0.1) is 6.54 Å². The molecule has 2 rings (SSSR count). The lowest BCUT2D eigenvalue weighted by Gasteiger charge is -2.14. The fourth-order valence-electron chi connectivity index (χ4n) is 2.45. The maximum atomic E-state index is 12.1. The van der Waals surface area contributed by atoms with Gasteiger partial charge in [-0.05, 0) is 48.9 Å². The summed E-state index contributed by atoms with van der Waals surface area (Å²) in [6, 6.07) is 7.34. The zero-order chi connectivity index (χ0) is 14.4. The highest BCUT2D eigenvalue weighted by Crippen LogP contribution is 2.48. The number of hydrogen-bond donors (Lipinski definition) is 2. The molecule has 1 saturated carbocycles. The predicted molar refractivity (Wildman–Crippen MR) is 81.3 cm³/mol. The number of rotatable bonds is 5. The first kappa shape index (κ1) is 14.6. The molecule has 3 N–H and O–H groups in total. The third-order valence-electron chi connectivity index (χ3n) is 3.84. The van der Waals surface area contributed by atoms with E-state index in [1.54, 1.807) is 0 Å². The van der Waals surface area contributed by atoms with E-state index in [1.807, 2.05) is 24.3 Å². The van der Waals surface area contributed by atoms with Crippen molar-refractivity contribution < 1.29 is 4.79 Å². The van der Waals surface area contributed by atoms with Crippen LogP contribution in [0.4, 0.5) is 0 Å². The van der Waals surface area contributed by atoms with Crippen molar-refractivity contribution in [3.05, 3.63) is 35.4 Å². The zero-order valence-corrected chi connectivity index (χ0v) is 12.0. The summed E-state index contributed by atoms with van der Waals surface area (Å²) in [5, 5.41) is 3.05. The Hall–Kier alpha value is -1.79. The average Bonchev–Trinajstić information content (AvgIpc) is 3.24. The van der Waals surface area contributed by atoms with E-state index in [0.29, 0.717) is 17.5 Å². The third-order valence-corrected chi connectivity index (χ3v) is 3.84. The van der Waals surface area contributed by atoms with Crippen molar-refractivity contribution >= 4 is 5.91 Å². The molecular formula is C17H22N2O. The standard InChI is InChI=1S/C17H22N2O/c1-2-9-17(10-11-17)13-19-16(20)15-7-5-14(6-8-15)4-3-12-18/h5-8H,2,9-13,18H2,1H3,(H,19,20). The highest BCUT2D eigenvalue weighted by molar-refractivity contribution is 5.94. The third kappa shape index (κ3) is 3.85. The van der Waals surface area contributed by atoms with Gasteiger partial charge in [0.1, 0.15) is 0 Å². The van der Waals surface area contributed by atoms with Crippen molar-refractivity contribution in [2.75, 3.05) is 13.1 Å².